The Balaban J connectivity index is 3.05. The molecule has 1 aromatic carbocycles. The molecule has 0 unspecified atom stereocenters. The van der Waals surface area contributed by atoms with Crippen LogP contribution < -0.4 is 9.96 Å². The van der Waals surface area contributed by atoms with Crippen LogP contribution in [-0.4, -0.2) is 12.3 Å². The van der Waals surface area contributed by atoms with Crippen molar-refractivity contribution in [2.75, 3.05) is 12.3 Å². The molecule has 0 aromatic heterocycles. The van der Waals surface area contributed by atoms with Crippen LogP contribution in [0.25, 0.3) is 0 Å². The number of hydrogen-bond donors (Lipinski definition) is 1. The molecule has 1 aromatic rings. The molecule has 12 heavy (non-hydrogen) atoms. The predicted molar refractivity (Wildman–Crippen MR) is 40.6 cm³/mol. The number of anilines is 1. The minimum atomic E-state index is -0.580. The van der Waals surface area contributed by atoms with Crippen molar-refractivity contribution in [3.05, 3.63) is 29.2 Å². The summed E-state index contributed by atoms with van der Waals surface area (Å²) < 4.78 is 17.3. The van der Waals surface area contributed by atoms with E-state index in [0.29, 0.717) is 0 Å². The molecule has 1 rings (SSSR count). The van der Waals surface area contributed by atoms with Gasteiger partial charge in [0.1, 0.15) is 0 Å². The smallest absolute Gasteiger partial charge is 0.165 e. The van der Waals surface area contributed by atoms with Crippen molar-refractivity contribution in [2.24, 2.45) is 0 Å². The Morgan fingerprint density at radius 1 is 1.58 bits per heavy atom. The van der Waals surface area contributed by atoms with E-state index < -0.39 is 5.82 Å². The summed E-state index contributed by atoms with van der Waals surface area (Å²) in [5, 5.41) is 18.4. The number of rotatable bonds is 2. The summed E-state index contributed by atoms with van der Waals surface area (Å²) in [4.78, 5) is 0. The summed E-state index contributed by atoms with van der Waals surface area (Å²) in [6.45, 7) is 0. The number of halogens is 1. The summed E-state index contributed by atoms with van der Waals surface area (Å²) in [7, 11) is 1.27. The minimum absolute atomic E-state index is 0.0757. The van der Waals surface area contributed by atoms with Crippen LogP contribution in [0.4, 0.5) is 10.1 Å². The largest absolute Gasteiger partial charge is 0.733 e. The minimum Gasteiger partial charge on any atom is -0.733 e. The van der Waals surface area contributed by atoms with Gasteiger partial charge in [-0.05, 0) is 12.1 Å². The van der Waals surface area contributed by atoms with Crippen LogP contribution in [0.1, 0.15) is 0 Å². The van der Waals surface area contributed by atoms with Crippen molar-refractivity contribution in [1.29, 1.82) is 0 Å². The molecule has 4 nitrogen and oxygen atoms in total. The van der Waals surface area contributed by atoms with Crippen LogP contribution in [0.15, 0.2) is 18.2 Å². The Kier molecular flexibility index (Phi) is 2.47. The second kappa shape index (κ2) is 3.38. The first kappa shape index (κ1) is 8.76. The van der Waals surface area contributed by atoms with Gasteiger partial charge in [-0.2, -0.15) is 0 Å². The van der Waals surface area contributed by atoms with Crippen LogP contribution in [0, 0.1) is 11.0 Å². The van der Waals surface area contributed by atoms with E-state index in [1.54, 1.807) is 0 Å². The second-order valence-corrected chi connectivity index (χ2v) is 2.09. The van der Waals surface area contributed by atoms with Crippen molar-refractivity contribution < 1.29 is 14.3 Å². The van der Waals surface area contributed by atoms with Crippen molar-refractivity contribution in [1.82, 2.24) is 0 Å². The fourth-order valence-corrected chi connectivity index (χ4v) is 0.767. The van der Waals surface area contributed by atoms with Crippen LogP contribution in [0.3, 0.4) is 0 Å². The molecule has 0 fully saturated rings. The van der Waals surface area contributed by atoms with E-state index in [1.165, 1.54) is 7.11 Å². The van der Waals surface area contributed by atoms with Gasteiger partial charge in [0.25, 0.3) is 0 Å². The van der Waals surface area contributed by atoms with E-state index >= 15 is 0 Å². The van der Waals surface area contributed by atoms with Crippen molar-refractivity contribution in [3.8, 4) is 5.75 Å². The van der Waals surface area contributed by atoms with Crippen molar-refractivity contribution >= 4 is 5.69 Å². The molecule has 0 saturated heterocycles. The van der Waals surface area contributed by atoms with Gasteiger partial charge in [0.2, 0.25) is 0 Å². The van der Waals surface area contributed by atoms with Gasteiger partial charge in [0.15, 0.2) is 11.6 Å². The molecule has 0 saturated carbocycles. The van der Waals surface area contributed by atoms with Gasteiger partial charge < -0.3 is 15.2 Å². The lowest BCUT2D eigenvalue weighted by molar-refractivity contribution is 0.295. The maximum atomic E-state index is 12.7. The monoisotopic (exact) mass is 172 g/mol. The Morgan fingerprint density at radius 2 is 2.25 bits per heavy atom. The lowest BCUT2D eigenvalue weighted by Crippen LogP contribution is -2.07. The number of ether oxygens (including phenoxy) is 1. The average Bonchev–Trinajstić information content (AvgIpc) is 2.05. The standard InChI is InChI=1S/C7H7FNO3/c1-12-7-4-5(9(10)11)2-3-6(7)8/h2-4,10H,1H3/q-1. The maximum absolute atomic E-state index is 12.7. The summed E-state index contributed by atoms with van der Waals surface area (Å²) in [5.41, 5.74) is -0.0757. The first-order valence-corrected chi connectivity index (χ1v) is 3.15. The normalized spacial score (nSPS) is 9.67. The van der Waals surface area contributed by atoms with Crippen molar-refractivity contribution in [3.63, 3.8) is 0 Å². The third-order valence-corrected chi connectivity index (χ3v) is 1.36. The quantitative estimate of drug-likeness (QED) is 0.687. The van der Waals surface area contributed by atoms with Gasteiger partial charge in [-0.25, -0.2) is 4.39 Å². The SMILES string of the molecule is COc1cc(N([O-])O)ccc1F. The Bertz CT molecular complexity index is 277. The van der Waals surface area contributed by atoms with Crippen LogP contribution in [0.5, 0.6) is 5.75 Å². The average molecular weight is 172 g/mol. The molecule has 0 atom stereocenters. The van der Waals surface area contributed by atoms with Crippen LogP contribution in [-0.2, 0) is 0 Å². The highest BCUT2D eigenvalue weighted by atomic mass is 19.1. The van der Waals surface area contributed by atoms with E-state index in [4.69, 9.17) is 5.21 Å². The third kappa shape index (κ3) is 1.63. The molecular weight excluding hydrogens is 165 g/mol. The number of nitrogens with zero attached hydrogens (tertiary/aromatic N) is 1. The molecule has 0 amide bonds. The van der Waals surface area contributed by atoms with E-state index in [0.717, 1.165) is 18.2 Å². The molecule has 0 aliphatic carbocycles. The summed E-state index contributed by atoms with van der Waals surface area (Å²) in [5.74, 6) is -0.662. The van der Waals surface area contributed by atoms with E-state index in [2.05, 4.69) is 4.74 Å². The topological polar surface area (TPSA) is 55.8 Å². The number of benzene rings is 1. The summed E-state index contributed by atoms with van der Waals surface area (Å²) >= 11 is 0. The van der Waals surface area contributed by atoms with E-state index in [-0.39, 0.29) is 16.7 Å². The van der Waals surface area contributed by atoms with Crippen LogP contribution >= 0.6 is 0 Å². The number of hydrogen-bond acceptors (Lipinski definition) is 4. The lowest BCUT2D eigenvalue weighted by Gasteiger charge is -2.21. The molecule has 0 heterocycles. The zero-order chi connectivity index (χ0) is 9.14. The van der Waals surface area contributed by atoms with Gasteiger partial charge in [-0.3, -0.25) is 5.21 Å². The van der Waals surface area contributed by atoms with Crippen molar-refractivity contribution in [2.45, 2.75) is 0 Å². The zero-order valence-corrected chi connectivity index (χ0v) is 6.32. The molecule has 1 N–H and O–H groups in total. The van der Waals surface area contributed by atoms with Gasteiger partial charge in [0.05, 0.1) is 12.8 Å². The molecule has 0 spiro atoms. The fourth-order valence-electron chi connectivity index (χ4n) is 0.767. The predicted octanol–water partition coefficient (Wildman–Crippen LogP) is 1.53. The lowest BCUT2D eigenvalue weighted by atomic mass is 10.3. The second-order valence-electron chi connectivity index (χ2n) is 2.09. The van der Waals surface area contributed by atoms with Gasteiger partial charge in [0, 0.05) is 6.07 Å². The highest BCUT2D eigenvalue weighted by Crippen LogP contribution is 2.22. The maximum Gasteiger partial charge on any atom is 0.165 e. The van der Waals surface area contributed by atoms with Gasteiger partial charge in [-0.1, -0.05) is 0 Å². The molecular formula is C7H7FNO3-. The fraction of sp³-hybridized carbons (Fsp3) is 0.143. The van der Waals surface area contributed by atoms with E-state index in [9.17, 15) is 9.60 Å². The first-order valence-electron chi connectivity index (χ1n) is 3.15. The first-order chi connectivity index (χ1) is 5.65. The Labute approximate surface area is 68.3 Å². The van der Waals surface area contributed by atoms with E-state index in [1.807, 2.05) is 0 Å². The third-order valence-electron chi connectivity index (χ3n) is 1.36. The molecule has 0 bridgehead atoms. The summed E-state index contributed by atoms with van der Waals surface area (Å²) in [6, 6.07) is 3.28. The molecule has 5 heteroatoms. The number of methoxy groups -OCH3 is 1. The molecule has 0 aliphatic rings. The molecule has 0 aliphatic heterocycles. The Hall–Kier alpha value is -1.33. The highest BCUT2D eigenvalue weighted by molar-refractivity contribution is 5.49. The molecule has 0 radical (unpaired) electrons. The zero-order valence-electron chi connectivity index (χ0n) is 6.32. The van der Waals surface area contributed by atoms with Gasteiger partial charge >= 0.3 is 0 Å². The Morgan fingerprint density at radius 3 is 2.75 bits per heavy atom. The summed E-state index contributed by atoms with van der Waals surface area (Å²) in [6.07, 6.45) is 0. The highest BCUT2D eigenvalue weighted by Gasteiger charge is 2.02. The molecule has 66 valence electrons. The van der Waals surface area contributed by atoms with Crippen LogP contribution in [0.2, 0.25) is 0 Å². The van der Waals surface area contributed by atoms with Gasteiger partial charge in [-0.15, -0.1) is 0 Å².